The van der Waals surface area contributed by atoms with E-state index in [0.717, 1.165) is 33.5 Å². The lowest BCUT2D eigenvalue weighted by atomic mass is 9.73. The largest absolute Gasteiger partial charge is 0.328 e. The van der Waals surface area contributed by atoms with Crippen molar-refractivity contribution in [1.29, 1.82) is 0 Å². The van der Waals surface area contributed by atoms with Crippen LogP contribution in [-0.4, -0.2) is 20.5 Å². The maximum absolute atomic E-state index is 13.3. The SMILES string of the molecule is Cc1ccc(CSc2nc3n(n2)[C@H](c2ccc(Br)cc2)C2=C(CC(C)(C)CC2=O)N3)c(C)c1. The lowest BCUT2D eigenvalue weighted by Gasteiger charge is -2.38. The summed E-state index contributed by atoms with van der Waals surface area (Å²) >= 11 is 5.15. The first-order valence-corrected chi connectivity index (χ1v) is 12.9. The quantitative estimate of drug-likeness (QED) is 0.390. The summed E-state index contributed by atoms with van der Waals surface area (Å²) in [5.74, 6) is 1.69. The predicted octanol–water partition coefficient (Wildman–Crippen LogP) is 6.61. The summed E-state index contributed by atoms with van der Waals surface area (Å²) in [6.07, 6.45) is 1.36. The van der Waals surface area contributed by atoms with Gasteiger partial charge < -0.3 is 5.32 Å². The van der Waals surface area contributed by atoms with Crippen LogP contribution in [0.15, 0.2) is 63.4 Å². The van der Waals surface area contributed by atoms with Crippen molar-refractivity contribution in [3.63, 3.8) is 0 Å². The minimum absolute atomic E-state index is 0.0735. The number of benzene rings is 2. The Balaban J connectivity index is 1.51. The molecule has 0 saturated carbocycles. The molecule has 1 aliphatic heterocycles. The van der Waals surface area contributed by atoms with Crippen LogP contribution < -0.4 is 5.32 Å². The number of nitrogens with zero attached hydrogens (tertiary/aromatic N) is 3. The maximum Gasteiger partial charge on any atom is 0.227 e. The number of ketones is 1. The topological polar surface area (TPSA) is 59.8 Å². The Morgan fingerprint density at radius 1 is 1.15 bits per heavy atom. The van der Waals surface area contributed by atoms with Gasteiger partial charge in [-0.25, -0.2) is 4.68 Å². The highest BCUT2D eigenvalue weighted by atomic mass is 79.9. The van der Waals surface area contributed by atoms with Crippen LogP contribution in [-0.2, 0) is 10.5 Å². The van der Waals surface area contributed by atoms with E-state index in [0.29, 0.717) is 17.5 Å². The van der Waals surface area contributed by atoms with E-state index in [2.05, 4.69) is 79.3 Å². The molecule has 0 radical (unpaired) electrons. The van der Waals surface area contributed by atoms with Gasteiger partial charge in [0.2, 0.25) is 11.1 Å². The maximum atomic E-state index is 13.3. The minimum Gasteiger partial charge on any atom is -0.328 e. The number of thioether (sulfide) groups is 1. The second kappa shape index (κ2) is 8.44. The normalized spacial score (nSPS) is 19.2. The standard InChI is InChI=1S/C26H27BrN4OS/c1-15-5-6-18(16(2)11-15)14-33-25-29-24-28-20-12-26(3,4)13-21(32)22(20)23(31(24)30-25)17-7-9-19(27)10-8-17/h5-11,23H,12-14H2,1-4H3,(H,28,29,30)/t23-/m1/s1. The molecule has 3 aromatic rings. The van der Waals surface area contributed by atoms with Gasteiger partial charge in [-0.1, -0.05) is 77.4 Å². The highest BCUT2D eigenvalue weighted by Gasteiger charge is 2.41. The number of aromatic nitrogens is 3. The first-order valence-electron chi connectivity index (χ1n) is 11.1. The Morgan fingerprint density at radius 2 is 1.91 bits per heavy atom. The van der Waals surface area contributed by atoms with Gasteiger partial charge in [0.15, 0.2) is 5.78 Å². The molecule has 1 aromatic heterocycles. The fourth-order valence-electron chi connectivity index (χ4n) is 4.75. The second-order valence-electron chi connectivity index (χ2n) is 9.79. The molecule has 2 aromatic carbocycles. The fourth-order valence-corrected chi connectivity index (χ4v) is 5.92. The third kappa shape index (κ3) is 4.41. The van der Waals surface area contributed by atoms with E-state index in [1.165, 1.54) is 16.7 Å². The van der Waals surface area contributed by atoms with Crippen LogP contribution in [0.3, 0.4) is 0 Å². The number of Topliss-reactive ketones (excluding diaryl/α,β-unsaturated/α-hetero) is 1. The number of anilines is 1. The van der Waals surface area contributed by atoms with E-state index >= 15 is 0 Å². The molecule has 2 aliphatic rings. The van der Waals surface area contributed by atoms with E-state index in [9.17, 15) is 4.79 Å². The molecule has 1 atom stereocenters. The molecule has 170 valence electrons. The Bertz CT molecular complexity index is 1280. The van der Waals surface area contributed by atoms with Crippen LogP contribution in [0.25, 0.3) is 0 Å². The van der Waals surface area contributed by atoms with Crippen LogP contribution in [0, 0.1) is 19.3 Å². The van der Waals surface area contributed by atoms with Crippen molar-refractivity contribution in [2.45, 2.75) is 57.5 Å². The van der Waals surface area contributed by atoms with E-state index in [-0.39, 0.29) is 17.2 Å². The lowest BCUT2D eigenvalue weighted by molar-refractivity contribution is -0.118. The summed E-state index contributed by atoms with van der Waals surface area (Å²) in [6, 6.07) is 14.4. The third-order valence-corrected chi connectivity index (χ3v) is 7.77. The van der Waals surface area contributed by atoms with Gasteiger partial charge in [0.05, 0.1) is 0 Å². The van der Waals surface area contributed by atoms with Crippen molar-refractivity contribution in [2.75, 3.05) is 5.32 Å². The van der Waals surface area contributed by atoms with Crippen LogP contribution >= 0.6 is 27.7 Å². The zero-order chi connectivity index (χ0) is 23.3. The molecule has 1 N–H and O–H groups in total. The number of aryl methyl sites for hydroxylation is 2. The van der Waals surface area contributed by atoms with Gasteiger partial charge in [-0.3, -0.25) is 4.79 Å². The zero-order valence-corrected chi connectivity index (χ0v) is 21.7. The van der Waals surface area contributed by atoms with E-state index in [4.69, 9.17) is 10.1 Å². The van der Waals surface area contributed by atoms with Crippen molar-refractivity contribution in [3.8, 4) is 0 Å². The third-order valence-electron chi connectivity index (χ3n) is 6.35. The summed E-state index contributed by atoms with van der Waals surface area (Å²) in [4.78, 5) is 18.1. The molecule has 0 bridgehead atoms. The van der Waals surface area contributed by atoms with Crippen molar-refractivity contribution >= 4 is 39.4 Å². The summed E-state index contributed by atoms with van der Waals surface area (Å²) in [7, 11) is 0. The van der Waals surface area contributed by atoms with Gasteiger partial charge in [-0.05, 0) is 54.5 Å². The number of hydrogen-bond donors (Lipinski definition) is 1. The average molecular weight is 524 g/mol. The molecule has 2 heterocycles. The van der Waals surface area contributed by atoms with E-state index in [1.54, 1.807) is 11.8 Å². The predicted molar refractivity (Wildman–Crippen MR) is 136 cm³/mol. The van der Waals surface area contributed by atoms with Gasteiger partial charge in [0.1, 0.15) is 6.04 Å². The molecule has 0 saturated heterocycles. The molecule has 7 heteroatoms. The number of allylic oxidation sites excluding steroid dienone is 2. The highest BCUT2D eigenvalue weighted by Crippen LogP contribution is 2.45. The second-order valence-corrected chi connectivity index (χ2v) is 11.7. The zero-order valence-electron chi connectivity index (χ0n) is 19.3. The van der Waals surface area contributed by atoms with Crippen LogP contribution in [0.1, 0.15) is 55.0 Å². The van der Waals surface area contributed by atoms with E-state index < -0.39 is 0 Å². The Morgan fingerprint density at radius 3 is 2.64 bits per heavy atom. The van der Waals surface area contributed by atoms with Crippen molar-refractivity contribution in [2.24, 2.45) is 5.41 Å². The first kappa shape index (κ1) is 22.4. The average Bonchev–Trinajstić information content (AvgIpc) is 3.14. The molecule has 1 aliphatic carbocycles. The molecular formula is C26H27BrN4OS. The van der Waals surface area contributed by atoms with E-state index in [1.807, 2.05) is 16.8 Å². The number of carbonyl (C=O) groups excluding carboxylic acids is 1. The lowest BCUT2D eigenvalue weighted by Crippen LogP contribution is -2.36. The summed E-state index contributed by atoms with van der Waals surface area (Å²) < 4.78 is 2.90. The molecule has 5 rings (SSSR count). The number of fused-ring (bicyclic) bond motifs is 1. The number of hydrogen-bond acceptors (Lipinski definition) is 5. The van der Waals surface area contributed by atoms with Crippen LogP contribution in [0.2, 0.25) is 0 Å². The smallest absolute Gasteiger partial charge is 0.227 e. The molecule has 0 unspecified atom stereocenters. The van der Waals surface area contributed by atoms with Crippen molar-refractivity contribution in [3.05, 3.63) is 80.5 Å². The number of rotatable bonds is 4. The summed E-state index contributed by atoms with van der Waals surface area (Å²) in [5.41, 5.74) is 6.60. The Labute approximate surface area is 207 Å². The van der Waals surface area contributed by atoms with Gasteiger partial charge >= 0.3 is 0 Å². The highest BCUT2D eigenvalue weighted by molar-refractivity contribution is 9.10. The fraction of sp³-hybridized carbons (Fsp3) is 0.346. The van der Waals surface area contributed by atoms with Gasteiger partial charge in [0, 0.05) is 27.9 Å². The van der Waals surface area contributed by atoms with Crippen molar-refractivity contribution < 1.29 is 4.79 Å². The van der Waals surface area contributed by atoms with Crippen molar-refractivity contribution in [1.82, 2.24) is 14.8 Å². The van der Waals surface area contributed by atoms with Crippen LogP contribution in [0.4, 0.5) is 5.95 Å². The number of carbonyl (C=O) groups is 1. The van der Waals surface area contributed by atoms with Crippen LogP contribution in [0.5, 0.6) is 0 Å². The van der Waals surface area contributed by atoms with Gasteiger partial charge in [0.25, 0.3) is 0 Å². The van der Waals surface area contributed by atoms with Gasteiger partial charge in [-0.2, -0.15) is 4.98 Å². The molecule has 0 fully saturated rings. The monoisotopic (exact) mass is 522 g/mol. The molecule has 5 nitrogen and oxygen atoms in total. The Hall–Kier alpha value is -2.38. The summed E-state index contributed by atoms with van der Waals surface area (Å²) in [5, 5.41) is 9.04. The van der Waals surface area contributed by atoms with Gasteiger partial charge in [-0.15, -0.1) is 5.10 Å². The summed E-state index contributed by atoms with van der Waals surface area (Å²) in [6.45, 7) is 8.55. The molecule has 0 amide bonds. The minimum atomic E-state index is -0.268. The number of nitrogens with one attached hydrogen (secondary N) is 1. The molecule has 0 spiro atoms. The molecule has 33 heavy (non-hydrogen) atoms. The Kier molecular flexibility index (Phi) is 5.73. The number of halogens is 1. The first-order chi connectivity index (χ1) is 15.7. The molecular weight excluding hydrogens is 496 g/mol.